The van der Waals surface area contributed by atoms with E-state index in [2.05, 4.69) is 36.2 Å². The molecule has 1 aliphatic rings. The summed E-state index contributed by atoms with van der Waals surface area (Å²) in [5.41, 5.74) is 5.38. The highest BCUT2D eigenvalue weighted by molar-refractivity contribution is 6.06. The lowest BCUT2D eigenvalue weighted by Gasteiger charge is -2.13. The van der Waals surface area contributed by atoms with Crippen LogP contribution in [0.1, 0.15) is 63.1 Å². The van der Waals surface area contributed by atoms with Crippen LogP contribution in [0.4, 0.5) is 0 Å². The Hall–Kier alpha value is -1.28. The number of halogens is 1. The number of aromatic nitrogens is 1. The van der Waals surface area contributed by atoms with E-state index in [-0.39, 0.29) is 12.4 Å². The van der Waals surface area contributed by atoms with Gasteiger partial charge in [-0.3, -0.25) is 4.99 Å². The van der Waals surface area contributed by atoms with Gasteiger partial charge < -0.3 is 17.4 Å². The number of benzene rings is 1. The Kier molecular flexibility index (Phi) is 6.50. The largest absolute Gasteiger partial charge is 1.00 e. The maximum Gasteiger partial charge on any atom is 0.0638 e. The fourth-order valence-corrected chi connectivity index (χ4v) is 3.36. The third-order valence-corrected chi connectivity index (χ3v) is 4.53. The maximum absolute atomic E-state index is 4.79. The van der Waals surface area contributed by atoms with Gasteiger partial charge in [0.25, 0.3) is 0 Å². The number of hydrogen-bond donors (Lipinski definition) is 1. The average Bonchev–Trinajstić information content (AvgIpc) is 2.90. The van der Waals surface area contributed by atoms with Crippen molar-refractivity contribution in [3.05, 3.63) is 35.5 Å². The zero-order valence-electron chi connectivity index (χ0n) is 13.5. The number of nitrogens with one attached hydrogen (secondary N) is 1. The number of aliphatic imine (C=N–C) groups is 1. The molecule has 22 heavy (non-hydrogen) atoms. The monoisotopic (exact) mass is 317 g/mol. The van der Waals surface area contributed by atoms with E-state index in [1.807, 2.05) is 0 Å². The van der Waals surface area contributed by atoms with Crippen molar-refractivity contribution in [3.63, 3.8) is 0 Å². The van der Waals surface area contributed by atoms with E-state index < -0.39 is 0 Å². The van der Waals surface area contributed by atoms with E-state index in [0.29, 0.717) is 0 Å². The molecule has 1 aliphatic heterocycles. The molecule has 1 aromatic carbocycles. The first-order valence-electron chi connectivity index (χ1n) is 8.53. The van der Waals surface area contributed by atoms with Crippen molar-refractivity contribution in [2.75, 3.05) is 6.54 Å². The van der Waals surface area contributed by atoms with Crippen LogP contribution in [0.15, 0.2) is 29.3 Å². The molecule has 0 bridgehead atoms. The first-order valence-corrected chi connectivity index (χ1v) is 8.53. The van der Waals surface area contributed by atoms with Gasteiger partial charge >= 0.3 is 0 Å². The highest BCUT2D eigenvalue weighted by Crippen LogP contribution is 2.27. The fraction of sp³-hybridized carbons (Fsp3) is 0.526. The molecule has 2 aromatic rings. The summed E-state index contributed by atoms with van der Waals surface area (Å²) in [4.78, 5) is 8.38. The molecule has 3 rings (SSSR count). The van der Waals surface area contributed by atoms with Crippen molar-refractivity contribution in [1.29, 1.82) is 0 Å². The lowest BCUT2D eigenvalue weighted by molar-refractivity contribution is -0.00000444. The molecular formula is C19H26ClN2-. The number of rotatable bonds is 7. The Morgan fingerprint density at radius 1 is 1.05 bits per heavy atom. The first-order chi connectivity index (χ1) is 10.4. The molecule has 0 aliphatic carbocycles. The molecule has 0 spiro atoms. The molecule has 1 aromatic heterocycles. The van der Waals surface area contributed by atoms with Crippen LogP contribution in [-0.4, -0.2) is 17.2 Å². The zero-order chi connectivity index (χ0) is 14.5. The third-order valence-electron chi connectivity index (χ3n) is 4.53. The Labute approximate surface area is 139 Å². The van der Waals surface area contributed by atoms with Crippen LogP contribution in [0.25, 0.3) is 10.9 Å². The summed E-state index contributed by atoms with van der Waals surface area (Å²) in [5.74, 6) is 0. The summed E-state index contributed by atoms with van der Waals surface area (Å²) in [6, 6.07) is 8.65. The summed E-state index contributed by atoms with van der Waals surface area (Å²) in [5, 5.41) is 1.39. The molecule has 0 amide bonds. The van der Waals surface area contributed by atoms with Crippen LogP contribution in [0.3, 0.4) is 0 Å². The number of para-hydroxylation sites is 1. The predicted molar refractivity (Wildman–Crippen MR) is 91.4 cm³/mol. The third kappa shape index (κ3) is 3.73. The van der Waals surface area contributed by atoms with Crippen molar-refractivity contribution >= 4 is 16.6 Å². The predicted octanol–water partition coefficient (Wildman–Crippen LogP) is 2.27. The molecule has 0 unspecified atom stereocenters. The van der Waals surface area contributed by atoms with Crippen LogP contribution < -0.4 is 12.4 Å². The Morgan fingerprint density at radius 2 is 1.82 bits per heavy atom. The van der Waals surface area contributed by atoms with Crippen LogP contribution in [0, 0.1) is 0 Å². The molecule has 2 heterocycles. The van der Waals surface area contributed by atoms with Crippen molar-refractivity contribution < 1.29 is 12.4 Å². The Bertz CT molecular complexity index is 627. The second-order valence-corrected chi connectivity index (χ2v) is 6.12. The van der Waals surface area contributed by atoms with Gasteiger partial charge in [0.1, 0.15) is 0 Å². The van der Waals surface area contributed by atoms with Gasteiger partial charge in [-0.2, -0.15) is 0 Å². The van der Waals surface area contributed by atoms with Crippen LogP contribution >= 0.6 is 0 Å². The number of H-pyrrole nitrogens is 1. The van der Waals surface area contributed by atoms with Crippen LogP contribution in [0.2, 0.25) is 0 Å². The smallest absolute Gasteiger partial charge is 0.0638 e. The standard InChI is InChI=1S/C19H26N2.ClH/c1-2-3-4-5-6-7-12-18-19-16(13-14-20-18)15-10-8-9-11-17(15)21-19;/h8-11,21H,2-7,12-14H2,1H3;1H/p-1. The van der Waals surface area contributed by atoms with E-state index in [9.17, 15) is 0 Å². The van der Waals surface area contributed by atoms with Crippen molar-refractivity contribution in [1.82, 2.24) is 4.98 Å². The number of aromatic amines is 1. The minimum Gasteiger partial charge on any atom is -1.00 e. The minimum absolute atomic E-state index is 0. The number of unbranched alkanes of at least 4 members (excludes halogenated alkanes) is 5. The maximum atomic E-state index is 4.79. The van der Waals surface area contributed by atoms with Crippen LogP contribution in [0.5, 0.6) is 0 Å². The Balaban J connectivity index is 0.00000176. The van der Waals surface area contributed by atoms with Crippen molar-refractivity contribution in [2.45, 2.75) is 58.3 Å². The van der Waals surface area contributed by atoms with Gasteiger partial charge in [0.2, 0.25) is 0 Å². The van der Waals surface area contributed by atoms with Gasteiger partial charge in [-0.15, -0.1) is 0 Å². The molecule has 0 saturated heterocycles. The van der Waals surface area contributed by atoms with Crippen LogP contribution in [-0.2, 0) is 6.42 Å². The highest BCUT2D eigenvalue weighted by atomic mass is 35.5. The molecular weight excluding hydrogens is 292 g/mol. The van der Waals surface area contributed by atoms with Gasteiger partial charge in [0, 0.05) is 17.4 Å². The lowest BCUT2D eigenvalue weighted by atomic mass is 9.98. The molecule has 120 valence electrons. The number of hydrogen-bond acceptors (Lipinski definition) is 1. The van der Waals surface area contributed by atoms with E-state index in [4.69, 9.17) is 4.99 Å². The summed E-state index contributed by atoms with van der Waals surface area (Å²) in [7, 11) is 0. The van der Waals surface area contributed by atoms with E-state index in [1.165, 1.54) is 66.4 Å². The van der Waals surface area contributed by atoms with Gasteiger partial charge in [0.05, 0.1) is 11.4 Å². The number of nitrogens with zero attached hydrogens (tertiary/aromatic N) is 1. The molecule has 0 saturated carbocycles. The summed E-state index contributed by atoms with van der Waals surface area (Å²) < 4.78 is 0. The second kappa shape index (κ2) is 8.38. The topological polar surface area (TPSA) is 28.1 Å². The zero-order valence-corrected chi connectivity index (χ0v) is 14.3. The van der Waals surface area contributed by atoms with Gasteiger partial charge in [-0.05, 0) is 30.9 Å². The molecule has 0 atom stereocenters. The average molecular weight is 318 g/mol. The normalized spacial score (nSPS) is 13.6. The van der Waals surface area contributed by atoms with E-state index in [0.717, 1.165) is 19.4 Å². The summed E-state index contributed by atoms with van der Waals surface area (Å²) >= 11 is 0. The minimum atomic E-state index is 0. The SMILES string of the molecule is CCCCCCCCC1=NCCc2c1[nH]c1ccccc21.[Cl-]. The van der Waals surface area contributed by atoms with Gasteiger partial charge in [0.15, 0.2) is 0 Å². The first kappa shape index (κ1) is 17.1. The van der Waals surface area contributed by atoms with Gasteiger partial charge in [-0.25, -0.2) is 0 Å². The second-order valence-electron chi connectivity index (χ2n) is 6.12. The molecule has 2 nitrogen and oxygen atoms in total. The van der Waals surface area contributed by atoms with E-state index >= 15 is 0 Å². The number of fused-ring (bicyclic) bond motifs is 3. The highest BCUT2D eigenvalue weighted by Gasteiger charge is 2.18. The molecule has 3 heteroatoms. The fourth-order valence-electron chi connectivity index (χ4n) is 3.36. The quantitative estimate of drug-likeness (QED) is 0.759. The summed E-state index contributed by atoms with van der Waals surface area (Å²) in [6.45, 7) is 3.23. The lowest BCUT2D eigenvalue weighted by Crippen LogP contribution is -3.00. The summed E-state index contributed by atoms with van der Waals surface area (Å²) in [6.07, 6.45) is 10.3. The Morgan fingerprint density at radius 3 is 2.68 bits per heavy atom. The molecule has 0 radical (unpaired) electrons. The van der Waals surface area contributed by atoms with Crippen molar-refractivity contribution in [2.24, 2.45) is 4.99 Å². The molecule has 1 N–H and O–H groups in total. The molecule has 0 fully saturated rings. The van der Waals surface area contributed by atoms with Gasteiger partial charge in [-0.1, -0.05) is 57.2 Å². The van der Waals surface area contributed by atoms with Crippen molar-refractivity contribution in [3.8, 4) is 0 Å². The van der Waals surface area contributed by atoms with E-state index in [1.54, 1.807) is 0 Å².